The van der Waals surface area contributed by atoms with E-state index in [1.165, 1.54) is 0 Å². The molecule has 0 aliphatic carbocycles. The van der Waals surface area contributed by atoms with Gasteiger partial charge in [0.2, 0.25) is 0 Å². The Kier molecular flexibility index (Phi) is 7.92. The van der Waals surface area contributed by atoms with Gasteiger partial charge in [0.25, 0.3) is 5.91 Å². The van der Waals surface area contributed by atoms with Gasteiger partial charge in [0, 0.05) is 10.2 Å². The Morgan fingerprint density at radius 1 is 1.15 bits per heavy atom. The van der Waals surface area contributed by atoms with Crippen molar-refractivity contribution < 1.29 is 14.3 Å². The number of carbonyl (C=O) groups is 1. The Balaban J connectivity index is 2.06. The van der Waals surface area contributed by atoms with Gasteiger partial charge in [0.1, 0.15) is 18.1 Å². The number of ether oxygens (including phenoxy) is 2. The molecule has 27 heavy (non-hydrogen) atoms. The highest BCUT2D eigenvalue weighted by Gasteiger charge is 2.14. The van der Waals surface area contributed by atoms with E-state index < -0.39 is 0 Å². The minimum absolute atomic E-state index is 0.216. The van der Waals surface area contributed by atoms with Crippen molar-refractivity contribution in [3.63, 3.8) is 0 Å². The lowest BCUT2D eigenvalue weighted by Gasteiger charge is -2.13. The molecular weight excluding hydrogens is 406 g/mol. The third-order valence-electron chi connectivity index (χ3n) is 3.74. The molecule has 1 amide bonds. The quantitative estimate of drug-likeness (QED) is 0.489. The number of halogens is 1. The Morgan fingerprint density at radius 2 is 1.85 bits per heavy atom. The highest BCUT2D eigenvalue weighted by Crippen LogP contribution is 2.25. The molecule has 2 aromatic rings. The van der Waals surface area contributed by atoms with Gasteiger partial charge < -0.3 is 14.8 Å². The van der Waals surface area contributed by atoms with Crippen LogP contribution in [0.2, 0.25) is 0 Å². The van der Waals surface area contributed by atoms with E-state index in [1.807, 2.05) is 43.3 Å². The number of hydrogen-bond acceptors (Lipinski definition) is 3. The van der Waals surface area contributed by atoms with E-state index in [0.717, 1.165) is 22.2 Å². The van der Waals surface area contributed by atoms with Gasteiger partial charge in [0.15, 0.2) is 0 Å². The fraction of sp³-hybridized carbons (Fsp3) is 0.318. The molecule has 1 N–H and O–H groups in total. The molecule has 0 atom stereocenters. The van der Waals surface area contributed by atoms with Crippen LogP contribution in [0.4, 0.5) is 5.69 Å². The summed E-state index contributed by atoms with van der Waals surface area (Å²) in [5.74, 6) is 1.64. The first-order valence-electron chi connectivity index (χ1n) is 8.96. The zero-order valence-electron chi connectivity index (χ0n) is 16.0. The Morgan fingerprint density at radius 3 is 2.48 bits per heavy atom. The molecule has 4 nitrogen and oxygen atoms in total. The molecule has 0 radical (unpaired) electrons. The maximum atomic E-state index is 12.7. The second-order valence-electron chi connectivity index (χ2n) is 6.90. The third kappa shape index (κ3) is 7.10. The first kappa shape index (κ1) is 21.0. The number of benzene rings is 2. The maximum Gasteiger partial charge on any atom is 0.259 e. The first-order valence-corrected chi connectivity index (χ1v) is 9.75. The van der Waals surface area contributed by atoms with Crippen molar-refractivity contribution in [1.82, 2.24) is 0 Å². The van der Waals surface area contributed by atoms with Crippen molar-refractivity contribution in [3.05, 3.63) is 64.7 Å². The van der Waals surface area contributed by atoms with Crippen LogP contribution in [-0.2, 0) is 0 Å². The van der Waals surface area contributed by atoms with Crippen LogP contribution in [0.3, 0.4) is 0 Å². The van der Waals surface area contributed by atoms with Crippen LogP contribution >= 0.6 is 15.9 Å². The van der Waals surface area contributed by atoms with Crippen LogP contribution in [0.1, 0.15) is 37.6 Å². The number of amides is 1. The van der Waals surface area contributed by atoms with E-state index in [4.69, 9.17) is 9.47 Å². The lowest BCUT2D eigenvalue weighted by Crippen LogP contribution is -2.14. The SMILES string of the molecule is C=C(C)COc1ccc(NC(=O)c2cc(Br)ccc2OCCC(C)C)cc1. The highest BCUT2D eigenvalue weighted by atomic mass is 79.9. The molecule has 144 valence electrons. The van der Waals surface area contributed by atoms with Gasteiger partial charge in [-0.15, -0.1) is 0 Å². The third-order valence-corrected chi connectivity index (χ3v) is 4.23. The van der Waals surface area contributed by atoms with Gasteiger partial charge in [-0.05, 0) is 67.3 Å². The van der Waals surface area contributed by atoms with Crippen molar-refractivity contribution in [1.29, 1.82) is 0 Å². The molecule has 0 bridgehead atoms. The summed E-state index contributed by atoms with van der Waals surface area (Å²) in [5, 5.41) is 2.90. The fourth-order valence-corrected chi connectivity index (χ4v) is 2.61. The first-order chi connectivity index (χ1) is 12.8. The van der Waals surface area contributed by atoms with Gasteiger partial charge in [-0.25, -0.2) is 0 Å². The number of carbonyl (C=O) groups excluding carboxylic acids is 1. The second-order valence-corrected chi connectivity index (χ2v) is 7.81. The van der Waals surface area contributed by atoms with Gasteiger partial charge in [-0.3, -0.25) is 4.79 Å². The average molecular weight is 432 g/mol. The zero-order valence-corrected chi connectivity index (χ0v) is 17.6. The number of hydrogen-bond donors (Lipinski definition) is 1. The minimum atomic E-state index is -0.216. The Labute approximate surface area is 169 Å². The summed E-state index contributed by atoms with van der Waals surface area (Å²) in [6.45, 7) is 11.1. The molecule has 2 rings (SSSR count). The molecule has 0 saturated carbocycles. The maximum absolute atomic E-state index is 12.7. The van der Waals surface area contributed by atoms with E-state index in [2.05, 4.69) is 41.7 Å². The number of nitrogens with one attached hydrogen (secondary N) is 1. The number of rotatable bonds is 9. The largest absolute Gasteiger partial charge is 0.493 e. The molecule has 0 aliphatic rings. The van der Waals surface area contributed by atoms with Crippen LogP contribution in [-0.4, -0.2) is 19.1 Å². The van der Waals surface area contributed by atoms with Crippen LogP contribution < -0.4 is 14.8 Å². The monoisotopic (exact) mass is 431 g/mol. The van der Waals surface area contributed by atoms with Crippen molar-refractivity contribution in [3.8, 4) is 11.5 Å². The summed E-state index contributed by atoms with van der Waals surface area (Å²) in [7, 11) is 0. The predicted octanol–water partition coefficient (Wildman–Crippen LogP) is 6.08. The molecule has 0 heterocycles. The summed E-state index contributed by atoms with van der Waals surface area (Å²) >= 11 is 3.42. The van der Waals surface area contributed by atoms with Crippen LogP contribution in [0.25, 0.3) is 0 Å². The summed E-state index contributed by atoms with van der Waals surface area (Å²) in [5.41, 5.74) is 2.14. The molecule has 2 aromatic carbocycles. The Bertz CT molecular complexity index is 785. The minimum Gasteiger partial charge on any atom is -0.493 e. The standard InChI is InChI=1S/C22H26BrNO3/c1-15(2)11-12-26-21-10-5-17(23)13-20(21)22(25)24-18-6-8-19(9-7-18)27-14-16(3)4/h5-10,13,15H,3,11-12,14H2,1-2,4H3,(H,24,25). The van der Waals surface area contributed by atoms with Gasteiger partial charge >= 0.3 is 0 Å². The van der Waals surface area contributed by atoms with Gasteiger partial charge in [-0.2, -0.15) is 0 Å². The summed E-state index contributed by atoms with van der Waals surface area (Å²) < 4.78 is 12.2. The smallest absolute Gasteiger partial charge is 0.259 e. The van der Waals surface area contributed by atoms with E-state index in [-0.39, 0.29) is 5.91 Å². The summed E-state index contributed by atoms with van der Waals surface area (Å²) in [6.07, 6.45) is 0.933. The van der Waals surface area contributed by atoms with Crippen molar-refractivity contribution >= 4 is 27.5 Å². The van der Waals surface area contributed by atoms with E-state index in [0.29, 0.717) is 36.1 Å². The zero-order chi connectivity index (χ0) is 19.8. The fourth-order valence-electron chi connectivity index (χ4n) is 2.25. The predicted molar refractivity (Wildman–Crippen MR) is 114 cm³/mol. The molecule has 0 spiro atoms. The van der Waals surface area contributed by atoms with Crippen molar-refractivity contribution in [2.45, 2.75) is 27.2 Å². The molecule has 5 heteroatoms. The van der Waals surface area contributed by atoms with Crippen LogP contribution in [0.15, 0.2) is 59.1 Å². The van der Waals surface area contributed by atoms with Gasteiger partial charge in [-0.1, -0.05) is 36.4 Å². The summed E-state index contributed by atoms with van der Waals surface area (Å²) in [4.78, 5) is 12.7. The van der Waals surface area contributed by atoms with E-state index in [9.17, 15) is 4.79 Å². The van der Waals surface area contributed by atoms with E-state index in [1.54, 1.807) is 6.07 Å². The lowest BCUT2D eigenvalue weighted by molar-refractivity contribution is 0.102. The van der Waals surface area contributed by atoms with Crippen LogP contribution in [0.5, 0.6) is 11.5 Å². The number of anilines is 1. The normalized spacial score (nSPS) is 10.6. The highest BCUT2D eigenvalue weighted by molar-refractivity contribution is 9.10. The van der Waals surface area contributed by atoms with Crippen molar-refractivity contribution in [2.24, 2.45) is 5.92 Å². The molecule has 0 aromatic heterocycles. The molecule has 0 saturated heterocycles. The molecule has 0 fully saturated rings. The topological polar surface area (TPSA) is 47.6 Å². The molecule has 0 aliphatic heterocycles. The molecular formula is C22H26BrNO3. The Hall–Kier alpha value is -2.27. The second kappa shape index (κ2) is 10.2. The lowest BCUT2D eigenvalue weighted by atomic mass is 10.1. The van der Waals surface area contributed by atoms with Gasteiger partial charge in [0.05, 0.1) is 12.2 Å². The average Bonchev–Trinajstić information content (AvgIpc) is 2.62. The van der Waals surface area contributed by atoms with Crippen LogP contribution in [0, 0.1) is 5.92 Å². The summed E-state index contributed by atoms with van der Waals surface area (Å²) in [6, 6.07) is 12.7. The molecule has 0 unspecified atom stereocenters. The van der Waals surface area contributed by atoms with Crippen molar-refractivity contribution in [2.75, 3.05) is 18.5 Å². The van der Waals surface area contributed by atoms with E-state index >= 15 is 0 Å².